The van der Waals surface area contributed by atoms with E-state index in [1.165, 1.54) is 180 Å². The van der Waals surface area contributed by atoms with Gasteiger partial charge in [-0.05, 0) is 22.0 Å². The molecule has 0 aliphatic rings. The van der Waals surface area contributed by atoms with Gasteiger partial charge in [0, 0.05) is 0 Å². The molecule has 264 valence electrons. The molecule has 0 saturated carbocycles. The van der Waals surface area contributed by atoms with Crippen LogP contribution in [0.3, 0.4) is 0 Å². The van der Waals surface area contributed by atoms with E-state index in [1.54, 1.807) is 0 Å². The van der Waals surface area contributed by atoms with Gasteiger partial charge in [-0.15, -0.1) is 9.05 Å². The Hall–Kier alpha value is 2.04. The molecule has 0 aliphatic heterocycles. The van der Waals surface area contributed by atoms with Gasteiger partial charge in [-0.25, -0.2) is 0 Å². The fourth-order valence-corrected chi connectivity index (χ4v) is 6.13. The summed E-state index contributed by atoms with van der Waals surface area (Å²) < 4.78 is 29.4. The first-order valence-electron chi connectivity index (χ1n) is 19.1. The minimum absolute atomic E-state index is 0. The van der Waals surface area contributed by atoms with E-state index < -0.39 is 16.5 Å². The minimum Gasteiger partial charge on any atom is -0.566 e. The van der Waals surface area contributed by atoms with Crippen LogP contribution >= 0.6 is 16.5 Å². The Morgan fingerprint density at radius 1 is 0.326 bits per heavy atom. The maximum atomic E-state index is 10.2. The molecule has 0 fully saturated rings. The van der Waals surface area contributed by atoms with Crippen LogP contribution in [0.2, 0.25) is 0 Å². The first-order valence-corrected chi connectivity index (χ1v) is 21.3. The van der Waals surface area contributed by atoms with Crippen molar-refractivity contribution in [1.29, 1.82) is 0 Å². The zero-order valence-electron chi connectivity index (χ0n) is 31.4. The fraction of sp³-hybridized carbons (Fsp3) is 1.00. The molecule has 0 heterocycles. The Labute approximate surface area is 333 Å². The molecule has 10 heteroatoms. The molecule has 0 aromatic carbocycles. The smallest absolute Gasteiger partial charge is 0.566 e. The normalized spacial score (nSPS) is 11.3. The SMILES string of the molecule is CCCCCCCCCCCCCCCCCCO[P+](=O)[O-].CCCCCCCCCCCCCCCCCCO[P+](=O)[O-].[Na+].[Na+]. The minimum atomic E-state index is -2.64. The molecule has 0 spiro atoms. The van der Waals surface area contributed by atoms with Crippen molar-refractivity contribution in [2.45, 2.75) is 219 Å². The van der Waals surface area contributed by atoms with Crippen molar-refractivity contribution in [1.82, 2.24) is 0 Å². The van der Waals surface area contributed by atoms with Crippen molar-refractivity contribution in [3.8, 4) is 0 Å². The summed E-state index contributed by atoms with van der Waals surface area (Å²) >= 11 is 0. The zero-order chi connectivity index (χ0) is 32.6. The van der Waals surface area contributed by atoms with Crippen molar-refractivity contribution in [3.05, 3.63) is 0 Å². The van der Waals surface area contributed by atoms with E-state index in [-0.39, 0.29) is 59.1 Å². The van der Waals surface area contributed by atoms with Crippen molar-refractivity contribution in [3.63, 3.8) is 0 Å². The number of unbranched alkanes of at least 4 members (excludes halogenated alkanes) is 30. The molecule has 0 bridgehead atoms. The van der Waals surface area contributed by atoms with Gasteiger partial charge in [0.2, 0.25) is 0 Å². The van der Waals surface area contributed by atoms with E-state index >= 15 is 0 Å². The third-order valence-electron chi connectivity index (χ3n) is 8.39. The molecule has 0 N–H and O–H groups in total. The molecule has 0 radical (unpaired) electrons. The van der Waals surface area contributed by atoms with E-state index in [0.29, 0.717) is 13.2 Å². The Kier molecular flexibility index (Phi) is 61.3. The standard InChI is InChI=1S/2C18H37O3P.2Na/c2*1-2-3-4-5-6-7-8-9-10-11-12-13-14-15-16-17-18-21-22(19)20;;/h2*2-18H2,1H3;;/q;;2*+1. The van der Waals surface area contributed by atoms with Gasteiger partial charge in [-0.2, -0.15) is 0 Å². The first-order chi connectivity index (χ1) is 21.5. The van der Waals surface area contributed by atoms with Gasteiger partial charge in [0.25, 0.3) is 0 Å². The average Bonchev–Trinajstić information content (AvgIpc) is 3.00. The Balaban J connectivity index is -0.000000367. The molecule has 0 aromatic heterocycles. The molecule has 0 saturated heterocycles. The summed E-state index contributed by atoms with van der Waals surface area (Å²) in [7, 11) is -5.29. The molecule has 2 atom stereocenters. The van der Waals surface area contributed by atoms with Crippen LogP contribution in [-0.2, 0) is 18.2 Å². The zero-order valence-corrected chi connectivity index (χ0v) is 37.2. The summed E-state index contributed by atoms with van der Waals surface area (Å²) in [5.41, 5.74) is 0. The summed E-state index contributed by atoms with van der Waals surface area (Å²) in [4.78, 5) is 20.3. The third-order valence-corrected chi connectivity index (χ3v) is 9.18. The van der Waals surface area contributed by atoms with E-state index in [2.05, 4.69) is 22.9 Å². The number of hydrogen-bond donors (Lipinski definition) is 0. The van der Waals surface area contributed by atoms with Crippen LogP contribution in [0.15, 0.2) is 0 Å². The second-order valence-electron chi connectivity index (χ2n) is 12.7. The monoisotopic (exact) mass is 710 g/mol. The summed E-state index contributed by atoms with van der Waals surface area (Å²) in [6.07, 6.45) is 42.5. The van der Waals surface area contributed by atoms with Crippen molar-refractivity contribution in [2.75, 3.05) is 13.2 Å². The molecule has 0 aliphatic carbocycles. The molecular weight excluding hydrogens is 636 g/mol. The van der Waals surface area contributed by atoms with Crippen LogP contribution in [0.4, 0.5) is 0 Å². The van der Waals surface area contributed by atoms with Gasteiger partial charge < -0.3 is 9.79 Å². The van der Waals surface area contributed by atoms with Crippen molar-refractivity contribution in [2.24, 2.45) is 0 Å². The van der Waals surface area contributed by atoms with E-state index in [4.69, 9.17) is 0 Å². The second kappa shape index (κ2) is 51.4. The van der Waals surface area contributed by atoms with Crippen molar-refractivity contribution < 1.29 is 87.1 Å². The summed E-state index contributed by atoms with van der Waals surface area (Å²) in [5, 5.41) is 0. The molecule has 0 aromatic rings. The average molecular weight is 711 g/mol. The fourth-order valence-electron chi connectivity index (χ4n) is 5.58. The largest absolute Gasteiger partial charge is 1.00 e. The van der Waals surface area contributed by atoms with E-state index in [9.17, 15) is 18.9 Å². The second-order valence-corrected chi connectivity index (χ2v) is 14.1. The van der Waals surface area contributed by atoms with Crippen LogP contribution in [0.1, 0.15) is 219 Å². The molecule has 0 amide bonds. The topological polar surface area (TPSA) is 98.7 Å². The maximum Gasteiger partial charge on any atom is 1.00 e. The van der Waals surface area contributed by atoms with Gasteiger partial charge in [0.1, 0.15) is 13.2 Å². The third kappa shape index (κ3) is 58.3. The van der Waals surface area contributed by atoms with E-state index in [1.807, 2.05) is 0 Å². The van der Waals surface area contributed by atoms with Crippen LogP contribution in [0.25, 0.3) is 0 Å². The Bertz CT molecular complexity index is 529. The Morgan fingerprint density at radius 2 is 0.478 bits per heavy atom. The van der Waals surface area contributed by atoms with Crippen LogP contribution in [0, 0.1) is 0 Å². The first kappa shape index (κ1) is 54.8. The van der Waals surface area contributed by atoms with Gasteiger partial charge in [0.05, 0.1) is 0 Å². The number of hydrogen-bond acceptors (Lipinski definition) is 6. The van der Waals surface area contributed by atoms with Gasteiger partial charge in [-0.3, -0.25) is 0 Å². The summed E-state index contributed by atoms with van der Waals surface area (Å²) in [6.45, 7) is 5.26. The quantitative estimate of drug-likeness (QED) is 0.0415. The summed E-state index contributed by atoms with van der Waals surface area (Å²) in [5.74, 6) is 0. The van der Waals surface area contributed by atoms with Gasteiger partial charge in [-0.1, -0.05) is 206 Å². The predicted octanol–water partition coefficient (Wildman–Crippen LogP) is 6.57. The summed E-state index contributed by atoms with van der Waals surface area (Å²) in [6, 6.07) is 0. The molecule has 6 nitrogen and oxygen atoms in total. The molecular formula is C36H74Na2O6P2+2. The van der Waals surface area contributed by atoms with Gasteiger partial charge in [0.15, 0.2) is 0 Å². The molecule has 2 unspecified atom stereocenters. The van der Waals surface area contributed by atoms with Crippen LogP contribution < -0.4 is 68.9 Å². The Morgan fingerprint density at radius 3 is 0.630 bits per heavy atom. The molecule has 46 heavy (non-hydrogen) atoms. The van der Waals surface area contributed by atoms with Crippen LogP contribution in [-0.4, -0.2) is 13.2 Å². The number of rotatable bonds is 36. The maximum absolute atomic E-state index is 10.2. The van der Waals surface area contributed by atoms with E-state index in [0.717, 1.165) is 25.7 Å². The molecule has 0 rings (SSSR count). The van der Waals surface area contributed by atoms with Gasteiger partial charge >= 0.3 is 75.6 Å². The predicted molar refractivity (Wildman–Crippen MR) is 186 cm³/mol. The van der Waals surface area contributed by atoms with Crippen LogP contribution in [0.5, 0.6) is 0 Å². The van der Waals surface area contributed by atoms with Crippen molar-refractivity contribution >= 4 is 16.5 Å².